The second kappa shape index (κ2) is 5.01. The van der Waals surface area contributed by atoms with E-state index in [1.54, 1.807) is 20.8 Å². The summed E-state index contributed by atoms with van der Waals surface area (Å²) >= 11 is 0. The molecule has 2 N–H and O–H groups in total. The average Bonchev–Trinajstić information content (AvgIpc) is 2.63. The SMILES string of the molecule is CC(C)(C)S(=O)(=O)CCNCc1cc[nH]c1. The first-order chi connectivity index (χ1) is 7.33. The van der Waals surface area contributed by atoms with Gasteiger partial charge < -0.3 is 10.3 Å². The molecule has 0 radical (unpaired) electrons. The molecule has 0 saturated carbocycles. The number of hydrogen-bond acceptors (Lipinski definition) is 3. The molecule has 0 unspecified atom stereocenters. The van der Waals surface area contributed by atoms with Crippen LogP contribution in [-0.4, -0.2) is 30.4 Å². The van der Waals surface area contributed by atoms with E-state index in [0.29, 0.717) is 13.1 Å². The molecule has 0 aliphatic heterocycles. The predicted molar refractivity (Wildman–Crippen MR) is 66.0 cm³/mol. The van der Waals surface area contributed by atoms with Crippen LogP contribution in [0.2, 0.25) is 0 Å². The van der Waals surface area contributed by atoms with E-state index in [0.717, 1.165) is 5.56 Å². The van der Waals surface area contributed by atoms with Crippen molar-refractivity contribution < 1.29 is 8.42 Å². The lowest BCUT2D eigenvalue weighted by Crippen LogP contribution is -2.34. The van der Waals surface area contributed by atoms with Crippen molar-refractivity contribution in [3.8, 4) is 0 Å². The Morgan fingerprint density at radius 1 is 1.38 bits per heavy atom. The van der Waals surface area contributed by atoms with Gasteiger partial charge in [-0.1, -0.05) is 0 Å². The van der Waals surface area contributed by atoms with Crippen molar-refractivity contribution in [2.45, 2.75) is 32.1 Å². The van der Waals surface area contributed by atoms with Gasteiger partial charge >= 0.3 is 0 Å². The number of rotatable bonds is 5. The molecule has 0 fully saturated rings. The lowest BCUT2D eigenvalue weighted by Gasteiger charge is -2.19. The summed E-state index contributed by atoms with van der Waals surface area (Å²) in [6, 6.07) is 1.96. The molecule has 0 spiro atoms. The van der Waals surface area contributed by atoms with Gasteiger partial charge in [0.1, 0.15) is 0 Å². The summed E-state index contributed by atoms with van der Waals surface area (Å²) in [5, 5.41) is 3.12. The standard InChI is InChI=1S/C11H20N2O2S/c1-11(2,3)16(14,15)7-6-13-9-10-4-5-12-8-10/h4-5,8,12-13H,6-7,9H2,1-3H3. The molecule has 92 valence electrons. The van der Waals surface area contributed by atoms with Crippen molar-refractivity contribution in [2.75, 3.05) is 12.3 Å². The number of aromatic nitrogens is 1. The number of nitrogens with one attached hydrogen (secondary N) is 2. The molecule has 1 heterocycles. The number of H-pyrrole nitrogens is 1. The molecule has 0 aliphatic rings. The zero-order valence-corrected chi connectivity index (χ0v) is 10.9. The van der Waals surface area contributed by atoms with E-state index in [1.165, 1.54) is 0 Å². The van der Waals surface area contributed by atoms with Gasteiger partial charge in [-0.2, -0.15) is 0 Å². The Morgan fingerprint density at radius 3 is 2.56 bits per heavy atom. The molecule has 0 aliphatic carbocycles. The van der Waals surface area contributed by atoms with Crippen molar-refractivity contribution in [2.24, 2.45) is 0 Å². The summed E-state index contributed by atoms with van der Waals surface area (Å²) in [5.74, 6) is 0.181. The summed E-state index contributed by atoms with van der Waals surface area (Å²) < 4.78 is 22.9. The minimum absolute atomic E-state index is 0.181. The van der Waals surface area contributed by atoms with E-state index in [-0.39, 0.29) is 5.75 Å². The molecule has 0 aromatic carbocycles. The minimum atomic E-state index is -3.01. The zero-order chi connectivity index (χ0) is 12.2. The third-order valence-electron chi connectivity index (χ3n) is 2.47. The fourth-order valence-electron chi connectivity index (χ4n) is 1.21. The Morgan fingerprint density at radius 2 is 2.06 bits per heavy atom. The quantitative estimate of drug-likeness (QED) is 0.768. The normalized spacial score (nSPS) is 12.9. The summed E-state index contributed by atoms with van der Waals surface area (Å²) in [6.07, 6.45) is 3.74. The van der Waals surface area contributed by atoms with Crippen molar-refractivity contribution in [3.63, 3.8) is 0 Å². The van der Waals surface area contributed by atoms with Gasteiger partial charge in [-0.3, -0.25) is 0 Å². The van der Waals surface area contributed by atoms with Crippen LogP contribution in [0.25, 0.3) is 0 Å². The highest BCUT2D eigenvalue weighted by Crippen LogP contribution is 2.15. The van der Waals surface area contributed by atoms with Gasteiger partial charge in [0, 0.05) is 25.5 Å². The van der Waals surface area contributed by atoms with E-state index in [9.17, 15) is 8.42 Å². The average molecular weight is 244 g/mol. The predicted octanol–water partition coefficient (Wildman–Crippen LogP) is 1.32. The summed E-state index contributed by atoms with van der Waals surface area (Å²) in [6.45, 7) is 6.38. The summed E-state index contributed by atoms with van der Waals surface area (Å²) in [4.78, 5) is 2.95. The van der Waals surface area contributed by atoms with Crippen LogP contribution in [-0.2, 0) is 16.4 Å². The topological polar surface area (TPSA) is 62.0 Å². The molecule has 4 nitrogen and oxygen atoms in total. The number of aromatic amines is 1. The maximum absolute atomic E-state index is 11.8. The molecule has 5 heteroatoms. The van der Waals surface area contributed by atoms with Crippen LogP contribution in [0.1, 0.15) is 26.3 Å². The minimum Gasteiger partial charge on any atom is -0.367 e. The van der Waals surface area contributed by atoms with Gasteiger partial charge in [-0.15, -0.1) is 0 Å². The molecule has 1 rings (SSSR count). The first-order valence-corrected chi connectivity index (χ1v) is 7.03. The first-order valence-electron chi connectivity index (χ1n) is 5.37. The van der Waals surface area contributed by atoms with Crippen LogP contribution in [0.15, 0.2) is 18.5 Å². The van der Waals surface area contributed by atoms with Crippen molar-refractivity contribution >= 4 is 9.84 Å². The smallest absolute Gasteiger partial charge is 0.156 e. The summed E-state index contributed by atoms with van der Waals surface area (Å²) in [7, 11) is -3.01. The molecular formula is C11H20N2O2S. The van der Waals surface area contributed by atoms with Crippen molar-refractivity contribution in [1.82, 2.24) is 10.3 Å². The molecular weight excluding hydrogens is 224 g/mol. The van der Waals surface area contributed by atoms with Crippen LogP contribution in [0.3, 0.4) is 0 Å². The summed E-state index contributed by atoms with van der Waals surface area (Å²) in [5.41, 5.74) is 1.13. The van der Waals surface area contributed by atoms with E-state index < -0.39 is 14.6 Å². The molecule has 0 saturated heterocycles. The lowest BCUT2D eigenvalue weighted by molar-refractivity contribution is 0.556. The van der Waals surface area contributed by atoms with E-state index in [2.05, 4.69) is 10.3 Å². The maximum Gasteiger partial charge on any atom is 0.156 e. The number of hydrogen-bond donors (Lipinski definition) is 2. The van der Waals surface area contributed by atoms with Gasteiger partial charge in [0.05, 0.1) is 10.5 Å². The Balaban J connectivity index is 2.31. The van der Waals surface area contributed by atoms with E-state index >= 15 is 0 Å². The molecule has 1 aromatic heterocycles. The third-order valence-corrected chi connectivity index (χ3v) is 5.08. The molecule has 16 heavy (non-hydrogen) atoms. The fourth-order valence-corrected chi connectivity index (χ4v) is 2.24. The van der Waals surface area contributed by atoms with Crippen molar-refractivity contribution in [3.05, 3.63) is 24.0 Å². The van der Waals surface area contributed by atoms with Gasteiger partial charge in [-0.05, 0) is 32.4 Å². The maximum atomic E-state index is 11.8. The van der Waals surface area contributed by atoms with Gasteiger partial charge in [0.2, 0.25) is 0 Å². The van der Waals surface area contributed by atoms with Crippen LogP contribution in [0, 0.1) is 0 Å². The van der Waals surface area contributed by atoms with Gasteiger partial charge in [0.15, 0.2) is 9.84 Å². The van der Waals surface area contributed by atoms with Gasteiger partial charge in [-0.25, -0.2) is 8.42 Å². The first kappa shape index (κ1) is 13.3. The second-order valence-electron chi connectivity index (χ2n) is 4.83. The molecule has 1 aromatic rings. The highest BCUT2D eigenvalue weighted by Gasteiger charge is 2.27. The Bertz CT molecular complexity index is 402. The molecule has 0 amide bonds. The number of sulfone groups is 1. The van der Waals surface area contributed by atoms with Crippen LogP contribution >= 0.6 is 0 Å². The molecule has 0 bridgehead atoms. The van der Waals surface area contributed by atoms with Gasteiger partial charge in [0.25, 0.3) is 0 Å². The second-order valence-corrected chi connectivity index (χ2v) is 7.69. The van der Waals surface area contributed by atoms with Crippen molar-refractivity contribution in [1.29, 1.82) is 0 Å². The third kappa shape index (κ3) is 3.64. The van der Waals surface area contributed by atoms with E-state index in [4.69, 9.17) is 0 Å². The zero-order valence-electron chi connectivity index (χ0n) is 10.1. The monoisotopic (exact) mass is 244 g/mol. The van der Waals surface area contributed by atoms with Crippen LogP contribution < -0.4 is 5.32 Å². The fraction of sp³-hybridized carbons (Fsp3) is 0.636. The van der Waals surface area contributed by atoms with E-state index in [1.807, 2.05) is 18.5 Å². The highest BCUT2D eigenvalue weighted by atomic mass is 32.2. The molecule has 0 atom stereocenters. The Labute approximate surface area is 97.4 Å². The van der Waals surface area contributed by atoms with Crippen LogP contribution in [0.5, 0.6) is 0 Å². The Hall–Kier alpha value is -0.810. The highest BCUT2D eigenvalue weighted by molar-refractivity contribution is 7.92. The van der Waals surface area contributed by atoms with Crippen LogP contribution in [0.4, 0.5) is 0 Å². The largest absolute Gasteiger partial charge is 0.367 e. The Kier molecular flexibility index (Phi) is 4.15. The lowest BCUT2D eigenvalue weighted by atomic mass is 10.3.